The van der Waals surface area contributed by atoms with Gasteiger partial charge in [-0.2, -0.15) is 13.8 Å². The third kappa shape index (κ3) is 3.36. The molecule has 136 valence electrons. The molecule has 1 aromatic rings. The van der Waals surface area contributed by atoms with Gasteiger partial charge in [0.15, 0.2) is 8.32 Å². The second-order valence-corrected chi connectivity index (χ2v) is 10.7. The van der Waals surface area contributed by atoms with Crippen LogP contribution in [0.3, 0.4) is 0 Å². The first-order valence-electron chi connectivity index (χ1n) is 7.85. The van der Waals surface area contributed by atoms with E-state index in [1.165, 1.54) is 6.07 Å². The number of hydrogen-bond acceptors (Lipinski definition) is 6. The lowest BCUT2D eigenvalue weighted by Crippen LogP contribution is -2.49. The Bertz CT molecular complexity index is 639. The Hall–Kier alpha value is -1.36. The van der Waals surface area contributed by atoms with Gasteiger partial charge in [0.2, 0.25) is 6.23 Å². The molecule has 1 fully saturated rings. The van der Waals surface area contributed by atoms with Crippen molar-refractivity contribution in [3.63, 3.8) is 0 Å². The van der Waals surface area contributed by atoms with E-state index in [0.29, 0.717) is 16.7 Å². The van der Waals surface area contributed by atoms with Crippen molar-refractivity contribution in [2.45, 2.75) is 56.8 Å². The number of hydrogen-bond donors (Lipinski definition) is 2. The fourth-order valence-corrected chi connectivity index (χ4v) is 4.34. The Morgan fingerprint density at radius 3 is 2.62 bits per heavy atom. The maximum atomic E-state index is 14.9. The van der Waals surface area contributed by atoms with Crippen molar-refractivity contribution in [1.29, 1.82) is 0 Å². The highest BCUT2D eigenvalue weighted by atomic mass is 28.4. The number of ether oxygens (including phenoxy) is 1. The topological polar surface area (TPSA) is 99.6 Å². The molecule has 2 heterocycles. The smallest absolute Gasteiger partial charge is 0.351 e. The summed E-state index contributed by atoms with van der Waals surface area (Å²) < 4.78 is 41.6. The van der Waals surface area contributed by atoms with E-state index < -0.39 is 45.0 Å². The minimum absolute atomic E-state index is 0.0685. The van der Waals surface area contributed by atoms with Gasteiger partial charge < -0.3 is 20.0 Å². The van der Waals surface area contributed by atoms with Crippen LogP contribution in [0.2, 0.25) is 18.6 Å². The second kappa shape index (κ2) is 6.87. The lowest BCUT2D eigenvalue weighted by Gasteiger charge is -2.33. The lowest BCUT2D eigenvalue weighted by atomic mass is 10.1. The summed E-state index contributed by atoms with van der Waals surface area (Å²) in [5, 5.41) is 9.44. The van der Waals surface area contributed by atoms with Gasteiger partial charge in [0.1, 0.15) is 18.0 Å². The molecule has 3 atom stereocenters. The van der Waals surface area contributed by atoms with E-state index in [1.54, 1.807) is 0 Å². The lowest BCUT2D eigenvalue weighted by molar-refractivity contribution is -0.138. The first-order valence-corrected chi connectivity index (χ1v) is 10.7. The van der Waals surface area contributed by atoms with E-state index in [4.69, 9.17) is 14.9 Å². The van der Waals surface area contributed by atoms with Gasteiger partial charge in [-0.15, -0.1) is 0 Å². The van der Waals surface area contributed by atoms with Crippen LogP contribution in [-0.4, -0.2) is 47.7 Å². The predicted molar refractivity (Wildman–Crippen MR) is 86.3 cm³/mol. The molecule has 0 amide bonds. The van der Waals surface area contributed by atoms with Crippen molar-refractivity contribution >= 4 is 14.1 Å². The van der Waals surface area contributed by atoms with Gasteiger partial charge in [0.25, 0.3) is 0 Å². The van der Waals surface area contributed by atoms with E-state index in [0.717, 1.165) is 6.20 Å². The van der Waals surface area contributed by atoms with Gasteiger partial charge in [-0.05, 0) is 24.7 Å². The van der Waals surface area contributed by atoms with Crippen LogP contribution in [0.1, 0.15) is 20.1 Å². The quantitative estimate of drug-likeness (QED) is 0.740. The number of aromatic nitrogens is 2. The second-order valence-electron chi connectivity index (χ2n) is 6.12. The molecular formula is C14H23F2N3O4Si. The SMILES string of the molecule is CC[Si](C)(CC)OC1C(CO)OC(n2ccc(N)nc2=O)C1(F)F. The standard InChI is InChI=1S/C14H23F2N3O4Si/c1-4-24(3,5-2)23-11-9(8-20)22-12(14(11,15)16)19-7-6-10(17)18-13(19)21/h6-7,9,11-12,20H,4-5,8H2,1-3H3,(H2,17,18,21). The molecule has 0 radical (unpaired) electrons. The number of aliphatic hydroxyl groups is 1. The molecule has 1 aliphatic heterocycles. The monoisotopic (exact) mass is 363 g/mol. The summed E-state index contributed by atoms with van der Waals surface area (Å²) in [6, 6.07) is 2.55. The molecule has 24 heavy (non-hydrogen) atoms. The number of nitrogens with two attached hydrogens (primary N) is 1. The van der Waals surface area contributed by atoms with E-state index in [2.05, 4.69) is 4.98 Å². The van der Waals surface area contributed by atoms with Gasteiger partial charge in [0.05, 0.1) is 6.61 Å². The molecule has 1 saturated heterocycles. The average molecular weight is 363 g/mol. The van der Waals surface area contributed by atoms with Crippen molar-refractivity contribution < 1.29 is 23.1 Å². The highest BCUT2D eigenvalue weighted by Crippen LogP contribution is 2.45. The average Bonchev–Trinajstić information content (AvgIpc) is 2.78. The van der Waals surface area contributed by atoms with Crippen LogP contribution in [0, 0.1) is 0 Å². The number of anilines is 1. The summed E-state index contributed by atoms with van der Waals surface area (Å²) in [4.78, 5) is 15.3. The van der Waals surface area contributed by atoms with E-state index in [-0.39, 0.29) is 5.82 Å². The molecule has 0 spiro atoms. The normalized spacial score (nSPS) is 26.7. The maximum Gasteiger partial charge on any atom is 0.351 e. The van der Waals surface area contributed by atoms with Crippen molar-refractivity contribution in [3.05, 3.63) is 22.7 Å². The van der Waals surface area contributed by atoms with Crippen LogP contribution in [0.25, 0.3) is 0 Å². The number of aliphatic hydroxyl groups excluding tert-OH is 1. The zero-order valence-corrected chi connectivity index (χ0v) is 14.9. The highest BCUT2D eigenvalue weighted by molar-refractivity contribution is 6.72. The fourth-order valence-electron chi connectivity index (χ4n) is 2.59. The zero-order chi connectivity index (χ0) is 18.1. The zero-order valence-electron chi connectivity index (χ0n) is 13.9. The van der Waals surface area contributed by atoms with Crippen LogP contribution in [-0.2, 0) is 9.16 Å². The van der Waals surface area contributed by atoms with Crippen molar-refractivity contribution in [2.75, 3.05) is 12.3 Å². The summed E-state index contributed by atoms with van der Waals surface area (Å²) in [7, 11) is -2.36. The fraction of sp³-hybridized carbons (Fsp3) is 0.714. The molecule has 3 N–H and O–H groups in total. The minimum Gasteiger partial charge on any atom is -0.405 e. The van der Waals surface area contributed by atoms with Crippen molar-refractivity contribution in [2.24, 2.45) is 0 Å². The first kappa shape index (κ1) is 19.0. The maximum absolute atomic E-state index is 14.9. The summed E-state index contributed by atoms with van der Waals surface area (Å²) >= 11 is 0. The Balaban J connectivity index is 2.38. The number of alkyl halides is 2. The molecule has 7 nitrogen and oxygen atoms in total. The summed E-state index contributed by atoms with van der Waals surface area (Å²) in [6.45, 7) is 5.01. The van der Waals surface area contributed by atoms with Crippen LogP contribution >= 0.6 is 0 Å². The molecule has 1 aliphatic rings. The number of nitrogen functional groups attached to an aromatic ring is 1. The Morgan fingerprint density at radius 2 is 2.12 bits per heavy atom. The van der Waals surface area contributed by atoms with E-state index >= 15 is 0 Å². The first-order chi connectivity index (χ1) is 11.2. The van der Waals surface area contributed by atoms with Crippen LogP contribution in [0.5, 0.6) is 0 Å². The Kier molecular flexibility index (Phi) is 5.43. The van der Waals surface area contributed by atoms with Gasteiger partial charge in [-0.1, -0.05) is 13.8 Å². The molecule has 0 aromatic carbocycles. The largest absolute Gasteiger partial charge is 0.405 e. The van der Waals surface area contributed by atoms with Gasteiger partial charge in [-0.3, -0.25) is 4.57 Å². The third-order valence-electron chi connectivity index (χ3n) is 4.54. The summed E-state index contributed by atoms with van der Waals surface area (Å²) in [5.74, 6) is -3.56. The third-order valence-corrected chi connectivity index (χ3v) is 8.36. The van der Waals surface area contributed by atoms with Gasteiger partial charge in [0, 0.05) is 6.20 Å². The predicted octanol–water partition coefficient (Wildman–Crippen LogP) is 1.35. The van der Waals surface area contributed by atoms with Gasteiger partial charge >= 0.3 is 11.6 Å². The van der Waals surface area contributed by atoms with E-state index in [9.17, 15) is 18.7 Å². The molecule has 3 unspecified atom stereocenters. The van der Waals surface area contributed by atoms with Gasteiger partial charge in [-0.25, -0.2) is 4.79 Å². The van der Waals surface area contributed by atoms with Crippen molar-refractivity contribution in [3.8, 4) is 0 Å². The molecule has 0 aliphatic carbocycles. The number of halogens is 2. The van der Waals surface area contributed by atoms with Crippen molar-refractivity contribution in [1.82, 2.24) is 9.55 Å². The summed E-state index contributed by atoms with van der Waals surface area (Å²) in [6.07, 6.45) is -3.63. The molecule has 1 aromatic heterocycles. The highest BCUT2D eigenvalue weighted by Gasteiger charge is 2.61. The molecule has 2 rings (SSSR count). The van der Waals surface area contributed by atoms with Crippen LogP contribution in [0.15, 0.2) is 17.1 Å². The summed E-state index contributed by atoms with van der Waals surface area (Å²) in [5.41, 5.74) is 4.44. The minimum atomic E-state index is -3.49. The molecular weight excluding hydrogens is 340 g/mol. The Morgan fingerprint density at radius 1 is 1.50 bits per heavy atom. The molecule has 0 bridgehead atoms. The molecule has 10 heteroatoms. The van der Waals surface area contributed by atoms with Crippen LogP contribution < -0.4 is 11.4 Å². The molecule has 0 saturated carbocycles. The Labute approximate surface area is 139 Å². The number of nitrogens with zero attached hydrogens (tertiary/aromatic N) is 2. The van der Waals surface area contributed by atoms with Crippen LogP contribution in [0.4, 0.5) is 14.6 Å². The number of rotatable bonds is 6. The van der Waals surface area contributed by atoms with E-state index in [1.807, 2.05) is 20.4 Å².